The first-order valence-corrected chi connectivity index (χ1v) is 9.48. The molecule has 0 unspecified atom stereocenters. The molecule has 0 saturated heterocycles. The van der Waals surface area contributed by atoms with Crippen molar-refractivity contribution >= 4 is 46.6 Å². The smallest absolute Gasteiger partial charge is 0.251 e. The van der Waals surface area contributed by atoms with E-state index in [0.29, 0.717) is 58.9 Å². The summed E-state index contributed by atoms with van der Waals surface area (Å²) in [5.41, 5.74) is 0.410. The highest BCUT2D eigenvalue weighted by atomic mass is 35.5. The molecular weight excluding hydrogens is 411 g/mol. The zero-order valence-corrected chi connectivity index (χ0v) is 16.7. The average Bonchev–Trinajstić information content (AvgIpc) is 2.65. The van der Waals surface area contributed by atoms with Crippen LogP contribution in [0.3, 0.4) is 0 Å². The molecule has 8 heteroatoms. The predicted octanol–water partition coefficient (Wildman–Crippen LogP) is 4.35. The molecule has 144 valence electrons. The van der Waals surface area contributed by atoms with Crippen LogP contribution >= 0.6 is 34.8 Å². The summed E-state index contributed by atoms with van der Waals surface area (Å²) in [6, 6.07) is 11.8. The van der Waals surface area contributed by atoms with Crippen LogP contribution in [0.4, 0.5) is 0 Å². The summed E-state index contributed by atoms with van der Waals surface area (Å²) in [6.07, 6.45) is 0.887. The molecule has 0 spiro atoms. The Morgan fingerprint density at radius 1 is 0.889 bits per heavy atom. The lowest BCUT2D eigenvalue weighted by molar-refractivity contribution is -0.121. The van der Waals surface area contributed by atoms with Crippen molar-refractivity contribution in [1.82, 2.24) is 10.6 Å². The Bertz CT molecular complexity index is 800. The molecule has 0 aromatic heterocycles. The Kier molecular flexibility index (Phi) is 8.72. The van der Waals surface area contributed by atoms with Crippen LogP contribution in [-0.2, 0) is 4.79 Å². The van der Waals surface area contributed by atoms with Crippen LogP contribution < -0.4 is 15.4 Å². The third-order valence-electron chi connectivity index (χ3n) is 3.56. The maximum Gasteiger partial charge on any atom is 0.251 e. The highest BCUT2D eigenvalue weighted by molar-refractivity contribution is 6.42. The van der Waals surface area contributed by atoms with Crippen LogP contribution in [0, 0.1) is 0 Å². The maximum atomic E-state index is 12.0. The highest BCUT2D eigenvalue weighted by Crippen LogP contribution is 2.23. The van der Waals surface area contributed by atoms with Crippen LogP contribution in [-0.4, -0.2) is 31.5 Å². The van der Waals surface area contributed by atoms with E-state index in [1.54, 1.807) is 24.3 Å². The predicted molar refractivity (Wildman–Crippen MR) is 108 cm³/mol. The Labute approximate surface area is 172 Å². The van der Waals surface area contributed by atoms with Crippen LogP contribution in [0.1, 0.15) is 23.2 Å². The van der Waals surface area contributed by atoms with Crippen molar-refractivity contribution in [3.63, 3.8) is 0 Å². The Morgan fingerprint density at radius 3 is 2.37 bits per heavy atom. The number of rotatable bonds is 9. The summed E-state index contributed by atoms with van der Waals surface area (Å²) >= 11 is 17.7. The highest BCUT2D eigenvalue weighted by Gasteiger charge is 2.08. The lowest BCUT2D eigenvalue weighted by atomic mass is 10.2. The number of amides is 2. The quantitative estimate of drug-likeness (QED) is 0.582. The number of ether oxygens (including phenoxy) is 1. The Hall–Kier alpha value is -1.95. The molecule has 2 aromatic carbocycles. The molecule has 0 fully saturated rings. The van der Waals surface area contributed by atoms with Crippen LogP contribution in [0.5, 0.6) is 5.75 Å². The van der Waals surface area contributed by atoms with E-state index in [-0.39, 0.29) is 11.8 Å². The second-order valence-corrected chi connectivity index (χ2v) is 6.84. The van der Waals surface area contributed by atoms with E-state index in [1.165, 1.54) is 6.07 Å². The average molecular weight is 430 g/mol. The molecular formula is C19H19Cl3N2O3. The van der Waals surface area contributed by atoms with Gasteiger partial charge >= 0.3 is 0 Å². The van der Waals surface area contributed by atoms with Gasteiger partial charge in [0.2, 0.25) is 5.91 Å². The molecule has 27 heavy (non-hydrogen) atoms. The number of hydrogen-bond donors (Lipinski definition) is 2. The van der Waals surface area contributed by atoms with Gasteiger partial charge in [0, 0.05) is 25.1 Å². The molecule has 0 aliphatic rings. The number of halogens is 3. The monoisotopic (exact) mass is 428 g/mol. The molecule has 0 bridgehead atoms. The fourth-order valence-corrected chi connectivity index (χ4v) is 2.67. The van der Waals surface area contributed by atoms with Gasteiger partial charge in [0.15, 0.2) is 0 Å². The minimum Gasteiger partial charge on any atom is -0.492 e. The number of benzene rings is 2. The van der Waals surface area contributed by atoms with Crippen molar-refractivity contribution in [2.24, 2.45) is 0 Å². The molecule has 0 radical (unpaired) electrons. The molecule has 0 atom stereocenters. The minimum absolute atomic E-state index is 0.110. The van der Waals surface area contributed by atoms with Crippen molar-refractivity contribution in [2.75, 3.05) is 19.7 Å². The van der Waals surface area contributed by atoms with Crippen molar-refractivity contribution in [3.8, 4) is 5.75 Å². The lowest BCUT2D eigenvalue weighted by Gasteiger charge is -2.09. The van der Waals surface area contributed by atoms with Gasteiger partial charge in [-0.2, -0.15) is 0 Å². The SMILES string of the molecule is O=C(CCCOc1ccccc1Cl)NCCNC(=O)c1ccc(Cl)c(Cl)c1. The topological polar surface area (TPSA) is 67.4 Å². The number of nitrogens with one attached hydrogen (secondary N) is 2. The molecule has 0 saturated carbocycles. The summed E-state index contributed by atoms with van der Waals surface area (Å²) in [7, 11) is 0. The molecule has 2 N–H and O–H groups in total. The molecule has 0 aliphatic heterocycles. The number of hydrogen-bond acceptors (Lipinski definition) is 3. The number of para-hydroxylation sites is 1. The number of carbonyl (C=O) groups excluding carboxylic acids is 2. The van der Waals surface area contributed by atoms with E-state index in [2.05, 4.69) is 10.6 Å². The van der Waals surface area contributed by atoms with Gasteiger partial charge in [0.1, 0.15) is 5.75 Å². The Morgan fingerprint density at radius 2 is 1.63 bits per heavy atom. The standard InChI is InChI=1S/C19H19Cl3N2O3/c20-14-8-7-13(12-16(14)22)19(26)24-10-9-23-18(25)6-3-11-27-17-5-2-1-4-15(17)21/h1-2,4-5,7-8,12H,3,6,9-11H2,(H,23,25)(H,24,26). The molecule has 0 aliphatic carbocycles. The van der Waals surface area contributed by atoms with Crippen LogP contribution in [0.25, 0.3) is 0 Å². The van der Waals surface area contributed by atoms with Crippen LogP contribution in [0.2, 0.25) is 15.1 Å². The van der Waals surface area contributed by atoms with E-state index < -0.39 is 0 Å². The maximum absolute atomic E-state index is 12.0. The van der Waals surface area contributed by atoms with E-state index in [1.807, 2.05) is 12.1 Å². The second kappa shape index (κ2) is 11.0. The van der Waals surface area contributed by atoms with E-state index in [9.17, 15) is 9.59 Å². The first kappa shape index (κ1) is 21.4. The summed E-state index contributed by atoms with van der Waals surface area (Å²) in [4.78, 5) is 23.8. The fourth-order valence-electron chi connectivity index (χ4n) is 2.18. The summed E-state index contributed by atoms with van der Waals surface area (Å²) in [5.74, 6) is 0.210. The largest absolute Gasteiger partial charge is 0.492 e. The molecule has 2 aromatic rings. The van der Waals surface area contributed by atoms with E-state index >= 15 is 0 Å². The van der Waals surface area contributed by atoms with Gasteiger partial charge in [0.25, 0.3) is 5.91 Å². The number of carbonyl (C=O) groups is 2. The van der Waals surface area contributed by atoms with E-state index in [4.69, 9.17) is 39.5 Å². The third kappa shape index (κ3) is 7.29. The van der Waals surface area contributed by atoms with Gasteiger partial charge in [-0.15, -0.1) is 0 Å². The van der Waals surface area contributed by atoms with Crippen molar-refractivity contribution < 1.29 is 14.3 Å². The second-order valence-electron chi connectivity index (χ2n) is 5.62. The van der Waals surface area contributed by atoms with Gasteiger partial charge in [0.05, 0.1) is 21.7 Å². The van der Waals surface area contributed by atoms with Gasteiger partial charge in [-0.25, -0.2) is 0 Å². The fraction of sp³-hybridized carbons (Fsp3) is 0.263. The summed E-state index contributed by atoms with van der Waals surface area (Å²) in [6.45, 7) is 1.03. The van der Waals surface area contributed by atoms with Gasteiger partial charge < -0.3 is 15.4 Å². The van der Waals surface area contributed by atoms with Crippen LogP contribution in [0.15, 0.2) is 42.5 Å². The van der Waals surface area contributed by atoms with E-state index in [0.717, 1.165) is 0 Å². The zero-order chi connectivity index (χ0) is 19.6. The normalized spacial score (nSPS) is 10.3. The van der Waals surface area contributed by atoms with Gasteiger partial charge in [-0.1, -0.05) is 46.9 Å². The summed E-state index contributed by atoms with van der Waals surface area (Å²) in [5, 5.41) is 6.68. The first-order valence-electron chi connectivity index (χ1n) is 8.34. The zero-order valence-electron chi connectivity index (χ0n) is 14.4. The molecule has 2 amide bonds. The molecule has 2 rings (SSSR count). The van der Waals surface area contributed by atoms with Crippen molar-refractivity contribution in [1.29, 1.82) is 0 Å². The third-order valence-corrected chi connectivity index (χ3v) is 4.61. The lowest BCUT2D eigenvalue weighted by Crippen LogP contribution is -2.34. The minimum atomic E-state index is -0.282. The van der Waals surface area contributed by atoms with Gasteiger partial charge in [-0.3, -0.25) is 9.59 Å². The van der Waals surface area contributed by atoms with Crippen molar-refractivity contribution in [3.05, 3.63) is 63.1 Å². The first-order chi connectivity index (χ1) is 13.0. The molecule has 5 nitrogen and oxygen atoms in total. The summed E-state index contributed by atoms with van der Waals surface area (Å²) < 4.78 is 5.52. The van der Waals surface area contributed by atoms with Crippen molar-refractivity contribution in [2.45, 2.75) is 12.8 Å². The Balaban J connectivity index is 1.58. The molecule has 0 heterocycles. The van der Waals surface area contributed by atoms with Gasteiger partial charge in [-0.05, 0) is 36.8 Å².